The summed E-state index contributed by atoms with van der Waals surface area (Å²) in [5.74, 6) is 1.08. The van der Waals surface area contributed by atoms with Gasteiger partial charge in [0.25, 0.3) is 0 Å². The van der Waals surface area contributed by atoms with E-state index >= 15 is 4.39 Å². The molecular weight excluding hydrogens is 537 g/mol. The fourth-order valence-corrected chi connectivity index (χ4v) is 7.39. The molecule has 0 aliphatic carbocycles. The van der Waals surface area contributed by atoms with Gasteiger partial charge in [-0.15, -0.1) is 0 Å². The third-order valence-electron chi connectivity index (χ3n) is 9.11. The number of aryl methyl sites for hydroxylation is 1. The number of rotatable bonds is 7. The first kappa shape index (κ1) is 26.9. The molecule has 0 radical (unpaired) electrons. The van der Waals surface area contributed by atoms with Crippen LogP contribution in [0, 0.1) is 5.82 Å². The number of piperidine rings is 1. The maximum absolute atomic E-state index is 16.7. The standard InChI is InChI=1S/C33H37ClFN5O/c34-28-18-27-32(31(35)30(28)26-17-24(41)16-21-8-2-3-9-25(21)26)37-29(10-4-7-15-39-13-5-1-6-14-39)38-33(27)40-19-22-11-12-23(20-40)36-22/h2-3,8-9,16-18,22-23,36,41H,1,4-7,10-15,19-20H2. The highest BCUT2D eigenvalue weighted by atomic mass is 35.5. The predicted molar refractivity (Wildman–Crippen MR) is 165 cm³/mol. The first-order chi connectivity index (χ1) is 20.0. The Balaban J connectivity index is 1.29. The summed E-state index contributed by atoms with van der Waals surface area (Å²) in [6.45, 7) is 5.17. The minimum absolute atomic E-state index is 0.0725. The number of aromatic nitrogens is 2. The van der Waals surface area contributed by atoms with E-state index in [1.807, 2.05) is 30.3 Å². The molecule has 4 heterocycles. The van der Waals surface area contributed by atoms with Crippen molar-refractivity contribution in [3.8, 4) is 16.9 Å². The van der Waals surface area contributed by atoms with Gasteiger partial charge in [0, 0.05) is 42.5 Å². The van der Waals surface area contributed by atoms with E-state index < -0.39 is 5.82 Å². The topological polar surface area (TPSA) is 64.5 Å². The summed E-state index contributed by atoms with van der Waals surface area (Å²) in [6, 6.07) is 13.6. The molecule has 3 saturated heterocycles. The first-order valence-electron chi connectivity index (χ1n) is 15.2. The van der Waals surface area contributed by atoms with Crippen molar-refractivity contribution in [1.82, 2.24) is 20.2 Å². The second-order valence-corrected chi connectivity index (χ2v) is 12.4. The van der Waals surface area contributed by atoms with Gasteiger partial charge in [-0.25, -0.2) is 14.4 Å². The zero-order valence-electron chi connectivity index (χ0n) is 23.4. The summed E-state index contributed by atoms with van der Waals surface area (Å²) in [4.78, 5) is 14.8. The highest BCUT2D eigenvalue weighted by molar-refractivity contribution is 6.35. The van der Waals surface area contributed by atoms with Crippen molar-refractivity contribution in [3.63, 3.8) is 0 Å². The average Bonchev–Trinajstić information content (AvgIpc) is 3.32. The SMILES string of the molecule is Oc1cc(-c2c(Cl)cc3c(N4CC5CCC(C4)N5)nc(CCCCN4CCCCC4)nc3c2F)c2ccccc2c1. The van der Waals surface area contributed by atoms with Crippen LogP contribution < -0.4 is 10.2 Å². The number of aromatic hydroxyl groups is 1. The molecule has 3 aliphatic rings. The molecule has 0 saturated carbocycles. The van der Waals surface area contributed by atoms with Crippen LogP contribution in [0.3, 0.4) is 0 Å². The fraction of sp³-hybridized carbons (Fsp3) is 0.455. The summed E-state index contributed by atoms with van der Waals surface area (Å²) in [5.41, 5.74) is 1.14. The van der Waals surface area contributed by atoms with Crippen LogP contribution >= 0.6 is 11.6 Å². The Morgan fingerprint density at radius 2 is 1.73 bits per heavy atom. The second-order valence-electron chi connectivity index (χ2n) is 12.0. The van der Waals surface area contributed by atoms with Gasteiger partial charge in [0.05, 0.1) is 5.02 Å². The lowest BCUT2D eigenvalue weighted by molar-refractivity contribution is 0.225. The molecule has 2 bridgehead atoms. The van der Waals surface area contributed by atoms with Crippen molar-refractivity contribution < 1.29 is 9.50 Å². The lowest BCUT2D eigenvalue weighted by Gasteiger charge is -2.34. The van der Waals surface area contributed by atoms with Crippen LogP contribution in [0.15, 0.2) is 42.5 Å². The highest BCUT2D eigenvalue weighted by Crippen LogP contribution is 2.42. The number of benzene rings is 3. The Bertz CT molecular complexity index is 1580. The third kappa shape index (κ3) is 5.36. The number of unbranched alkanes of at least 4 members (excludes halogenated alkanes) is 1. The monoisotopic (exact) mass is 573 g/mol. The largest absolute Gasteiger partial charge is 0.508 e. The second kappa shape index (κ2) is 11.3. The number of nitrogens with zero attached hydrogens (tertiary/aromatic N) is 4. The van der Waals surface area contributed by atoms with Crippen molar-refractivity contribution in [2.75, 3.05) is 37.6 Å². The Morgan fingerprint density at radius 3 is 2.54 bits per heavy atom. The molecule has 214 valence electrons. The zero-order chi connectivity index (χ0) is 27.9. The number of fused-ring (bicyclic) bond motifs is 4. The minimum Gasteiger partial charge on any atom is -0.508 e. The van der Waals surface area contributed by atoms with E-state index in [1.54, 1.807) is 12.1 Å². The maximum atomic E-state index is 16.7. The summed E-state index contributed by atoms with van der Waals surface area (Å²) in [6.07, 6.45) is 8.99. The molecule has 7 rings (SSSR count). The highest BCUT2D eigenvalue weighted by Gasteiger charge is 2.34. The van der Waals surface area contributed by atoms with Crippen LogP contribution in [0.2, 0.25) is 5.02 Å². The van der Waals surface area contributed by atoms with Gasteiger partial charge in [0.1, 0.15) is 22.9 Å². The molecule has 8 heteroatoms. The van der Waals surface area contributed by atoms with Gasteiger partial charge in [-0.2, -0.15) is 0 Å². The van der Waals surface area contributed by atoms with Crippen LogP contribution in [0.5, 0.6) is 5.75 Å². The van der Waals surface area contributed by atoms with Crippen molar-refractivity contribution in [3.05, 3.63) is 59.1 Å². The number of nitrogens with one attached hydrogen (secondary N) is 1. The molecule has 41 heavy (non-hydrogen) atoms. The molecule has 6 nitrogen and oxygen atoms in total. The van der Waals surface area contributed by atoms with Crippen molar-refractivity contribution in [2.45, 2.75) is 63.5 Å². The van der Waals surface area contributed by atoms with Crippen LogP contribution in [0.1, 0.15) is 50.8 Å². The predicted octanol–water partition coefficient (Wildman–Crippen LogP) is 6.70. The summed E-state index contributed by atoms with van der Waals surface area (Å²) < 4.78 is 16.7. The number of anilines is 1. The number of hydrogen-bond donors (Lipinski definition) is 2. The molecule has 0 spiro atoms. The van der Waals surface area contributed by atoms with Crippen LogP contribution in [0.25, 0.3) is 32.8 Å². The molecule has 3 aliphatic heterocycles. The van der Waals surface area contributed by atoms with Gasteiger partial charge < -0.3 is 20.2 Å². The van der Waals surface area contributed by atoms with Crippen molar-refractivity contribution in [2.24, 2.45) is 0 Å². The van der Waals surface area contributed by atoms with E-state index in [9.17, 15) is 5.11 Å². The smallest absolute Gasteiger partial charge is 0.158 e. The molecule has 3 fully saturated rings. The zero-order valence-corrected chi connectivity index (χ0v) is 24.1. The van der Waals surface area contributed by atoms with E-state index in [-0.39, 0.29) is 11.3 Å². The van der Waals surface area contributed by atoms with Gasteiger partial charge in [-0.05, 0) is 92.7 Å². The molecular formula is C33H37ClFN5O. The molecule has 1 aromatic heterocycles. The number of hydrogen-bond acceptors (Lipinski definition) is 6. The van der Waals surface area contributed by atoms with E-state index in [2.05, 4.69) is 15.1 Å². The molecule has 2 N–H and O–H groups in total. The fourth-order valence-electron chi connectivity index (χ4n) is 7.10. The molecule has 4 aromatic rings. The minimum atomic E-state index is -0.459. The van der Waals surface area contributed by atoms with E-state index in [0.29, 0.717) is 45.8 Å². The Hall–Kier alpha value is -3.00. The number of piperazine rings is 1. The third-order valence-corrected chi connectivity index (χ3v) is 9.41. The lowest BCUT2D eigenvalue weighted by Crippen LogP contribution is -2.51. The van der Waals surface area contributed by atoms with E-state index in [0.717, 1.165) is 61.9 Å². The molecule has 2 unspecified atom stereocenters. The Labute approximate surface area is 245 Å². The van der Waals surface area contributed by atoms with Crippen LogP contribution in [-0.4, -0.2) is 64.8 Å². The number of halogens is 2. The first-order valence-corrected chi connectivity index (χ1v) is 15.6. The lowest BCUT2D eigenvalue weighted by atomic mass is 9.96. The van der Waals surface area contributed by atoms with E-state index in [4.69, 9.17) is 21.6 Å². The summed E-state index contributed by atoms with van der Waals surface area (Å²) >= 11 is 6.88. The number of likely N-dealkylation sites (tertiary alicyclic amines) is 1. The molecule has 0 amide bonds. The van der Waals surface area contributed by atoms with Crippen molar-refractivity contribution in [1.29, 1.82) is 0 Å². The quantitative estimate of drug-likeness (QED) is 0.240. The normalized spacial score (nSPS) is 21.3. The van der Waals surface area contributed by atoms with Crippen LogP contribution in [0.4, 0.5) is 10.2 Å². The Morgan fingerprint density at radius 1 is 0.951 bits per heavy atom. The van der Waals surface area contributed by atoms with Gasteiger partial charge >= 0.3 is 0 Å². The van der Waals surface area contributed by atoms with Gasteiger partial charge in [-0.1, -0.05) is 42.3 Å². The number of phenols is 1. The molecule has 2 atom stereocenters. The summed E-state index contributed by atoms with van der Waals surface area (Å²) in [7, 11) is 0. The summed E-state index contributed by atoms with van der Waals surface area (Å²) in [5, 5.41) is 16.8. The Kier molecular flexibility index (Phi) is 7.44. The van der Waals surface area contributed by atoms with Crippen LogP contribution in [-0.2, 0) is 6.42 Å². The average molecular weight is 574 g/mol. The van der Waals surface area contributed by atoms with Gasteiger partial charge in [0.2, 0.25) is 0 Å². The number of phenolic OH excluding ortho intramolecular Hbond substituents is 1. The van der Waals surface area contributed by atoms with Gasteiger partial charge in [0.15, 0.2) is 5.82 Å². The van der Waals surface area contributed by atoms with E-state index in [1.165, 1.54) is 32.4 Å². The van der Waals surface area contributed by atoms with Crippen molar-refractivity contribution >= 4 is 39.1 Å². The molecule has 3 aromatic carbocycles. The maximum Gasteiger partial charge on any atom is 0.158 e. The van der Waals surface area contributed by atoms with Gasteiger partial charge in [-0.3, -0.25) is 0 Å².